The number of hydrogen-bond donors (Lipinski definition) is 0. The first-order valence-corrected chi connectivity index (χ1v) is 10.8. The van der Waals surface area contributed by atoms with Crippen molar-refractivity contribution in [3.8, 4) is 0 Å². The van der Waals surface area contributed by atoms with Crippen LogP contribution in [0, 0.1) is 5.92 Å². The van der Waals surface area contributed by atoms with Crippen LogP contribution in [0.2, 0.25) is 0 Å². The number of aryl methyl sites for hydroxylation is 1. The normalized spacial score (nSPS) is 15.5. The average molecular weight is 429 g/mol. The number of amides is 1. The monoisotopic (exact) mass is 429 g/mol. The lowest BCUT2D eigenvalue weighted by Gasteiger charge is -2.32. The van der Waals surface area contributed by atoms with Gasteiger partial charge in [-0.1, -0.05) is 42.5 Å². The number of alkyl halides is 3. The minimum atomic E-state index is -4.49. The molecule has 0 atom stereocenters. The zero-order chi connectivity index (χ0) is 21.8. The molecule has 1 aliphatic heterocycles. The summed E-state index contributed by atoms with van der Waals surface area (Å²) in [7, 11) is 0. The van der Waals surface area contributed by atoms with Crippen LogP contribution < -0.4 is 0 Å². The molecule has 0 N–H and O–H groups in total. The molecule has 164 valence electrons. The van der Waals surface area contributed by atoms with Gasteiger partial charge in [-0.15, -0.1) is 0 Å². The Hall–Kier alpha value is -2.83. The fourth-order valence-corrected chi connectivity index (χ4v) is 4.35. The maximum absolute atomic E-state index is 13.5. The van der Waals surface area contributed by atoms with Gasteiger partial charge < -0.3 is 9.47 Å². The van der Waals surface area contributed by atoms with E-state index in [0.717, 1.165) is 12.8 Å². The summed E-state index contributed by atoms with van der Waals surface area (Å²) in [6, 6.07) is 16.8. The Labute approximate surface area is 179 Å². The molecule has 1 amide bonds. The summed E-state index contributed by atoms with van der Waals surface area (Å²) in [5, 5.41) is 0. The number of hydrogen-bond acceptors (Lipinski definition) is 2. The number of halogens is 3. The highest BCUT2D eigenvalue weighted by Crippen LogP contribution is 2.33. The molecule has 0 radical (unpaired) electrons. The van der Waals surface area contributed by atoms with E-state index in [0.29, 0.717) is 43.4 Å². The lowest BCUT2D eigenvalue weighted by Crippen LogP contribution is -2.39. The van der Waals surface area contributed by atoms with Gasteiger partial charge in [0, 0.05) is 26.1 Å². The van der Waals surface area contributed by atoms with E-state index in [4.69, 9.17) is 0 Å². The van der Waals surface area contributed by atoms with Crippen molar-refractivity contribution < 1.29 is 18.0 Å². The van der Waals surface area contributed by atoms with E-state index in [2.05, 4.69) is 17.1 Å². The number of para-hydroxylation sites is 2. The predicted octanol–water partition coefficient (Wildman–Crippen LogP) is 5.32. The van der Waals surface area contributed by atoms with Gasteiger partial charge in [0.2, 0.25) is 11.7 Å². The van der Waals surface area contributed by atoms with Crippen molar-refractivity contribution >= 4 is 16.9 Å². The molecule has 2 aromatic carbocycles. The number of benzene rings is 2. The molecule has 4 nitrogen and oxygen atoms in total. The SMILES string of the molecule is O=C(CCCc1ccccc1)N1CCC(Cn2c(C(F)(F)F)nc3ccccc32)CC1. The van der Waals surface area contributed by atoms with Crippen molar-refractivity contribution in [1.29, 1.82) is 0 Å². The van der Waals surface area contributed by atoms with E-state index in [1.54, 1.807) is 24.3 Å². The van der Waals surface area contributed by atoms with E-state index in [-0.39, 0.29) is 18.4 Å². The largest absolute Gasteiger partial charge is 0.449 e. The molecule has 4 rings (SSSR count). The van der Waals surface area contributed by atoms with Gasteiger partial charge in [0.1, 0.15) is 0 Å². The second-order valence-electron chi connectivity index (χ2n) is 8.20. The Balaban J connectivity index is 1.33. The second-order valence-corrected chi connectivity index (χ2v) is 8.20. The number of carbonyl (C=O) groups excluding carboxylic acids is 1. The number of likely N-dealkylation sites (tertiary alicyclic amines) is 1. The van der Waals surface area contributed by atoms with Gasteiger partial charge in [-0.25, -0.2) is 4.98 Å². The fourth-order valence-electron chi connectivity index (χ4n) is 4.35. The maximum atomic E-state index is 13.5. The second kappa shape index (κ2) is 9.12. The number of aromatic nitrogens is 2. The zero-order valence-corrected chi connectivity index (χ0v) is 17.3. The van der Waals surface area contributed by atoms with Crippen LogP contribution in [0.1, 0.15) is 37.1 Å². The van der Waals surface area contributed by atoms with E-state index in [1.165, 1.54) is 10.1 Å². The highest BCUT2D eigenvalue weighted by atomic mass is 19.4. The Bertz CT molecular complexity index is 1020. The highest BCUT2D eigenvalue weighted by Gasteiger charge is 2.38. The maximum Gasteiger partial charge on any atom is 0.449 e. The number of carbonyl (C=O) groups is 1. The first kappa shape index (κ1) is 21.4. The Kier molecular flexibility index (Phi) is 6.30. The Morgan fingerprint density at radius 2 is 1.68 bits per heavy atom. The van der Waals surface area contributed by atoms with Crippen molar-refractivity contribution in [2.45, 2.75) is 44.8 Å². The summed E-state index contributed by atoms with van der Waals surface area (Å²) in [4.78, 5) is 18.2. The summed E-state index contributed by atoms with van der Waals surface area (Å²) in [6.07, 6.45) is -0.906. The van der Waals surface area contributed by atoms with Gasteiger partial charge in [0.05, 0.1) is 11.0 Å². The molecule has 3 aromatic rings. The molecule has 31 heavy (non-hydrogen) atoms. The molecule has 0 bridgehead atoms. The van der Waals surface area contributed by atoms with Gasteiger partial charge in [-0.3, -0.25) is 4.79 Å². The lowest BCUT2D eigenvalue weighted by molar-refractivity contribution is -0.147. The molecular formula is C24H26F3N3O. The number of nitrogens with zero attached hydrogens (tertiary/aromatic N) is 3. The van der Waals surface area contributed by atoms with Crippen LogP contribution in [-0.2, 0) is 23.9 Å². The molecule has 0 aliphatic carbocycles. The molecule has 0 unspecified atom stereocenters. The topological polar surface area (TPSA) is 38.1 Å². The van der Waals surface area contributed by atoms with Crippen LogP contribution in [0.15, 0.2) is 54.6 Å². The predicted molar refractivity (Wildman–Crippen MR) is 113 cm³/mol. The molecule has 2 heterocycles. The van der Waals surface area contributed by atoms with Gasteiger partial charge in [-0.05, 0) is 49.3 Å². The van der Waals surface area contributed by atoms with Crippen LogP contribution in [0.4, 0.5) is 13.2 Å². The van der Waals surface area contributed by atoms with Crippen LogP contribution in [0.5, 0.6) is 0 Å². The van der Waals surface area contributed by atoms with E-state index < -0.39 is 12.0 Å². The van der Waals surface area contributed by atoms with Crippen LogP contribution in [0.25, 0.3) is 11.0 Å². The smallest absolute Gasteiger partial charge is 0.343 e. The third-order valence-corrected chi connectivity index (χ3v) is 6.02. The van der Waals surface area contributed by atoms with Gasteiger partial charge in [-0.2, -0.15) is 13.2 Å². The molecule has 1 aliphatic rings. The Morgan fingerprint density at radius 1 is 1.00 bits per heavy atom. The third-order valence-electron chi connectivity index (χ3n) is 6.02. The fraction of sp³-hybridized carbons (Fsp3) is 0.417. The van der Waals surface area contributed by atoms with Gasteiger partial charge >= 0.3 is 6.18 Å². The van der Waals surface area contributed by atoms with Gasteiger partial charge in [0.15, 0.2) is 0 Å². The summed E-state index contributed by atoms with van der Waals surface area (Å²) in [5.41, 5.74) is 2.09. The minimum Gasteiger partial charge on any atom is -0.343 e. The lowest BCUT2D eigenvalue weighted by atomic mass is 9.96. The first-order valence-electron chi connectivity index (χ1n) is 10.8. The van der Waals surface area contributed by atoms with Crippen LogP contribution in [-0.4, -0.2) is 33.4 Å². The number of fused-ring (bicyclic) bond motifs is 1. The Morgan fingerprint density at radius 3 is 2.39 bits per heavy atom. The molecule has 1 aromatic heterocycles. The van der Waals surface area contributed by atoms with Crippen molar-refractivity contribution in [1.82, 2.24) is 14.5 Å². The standard InChI is InChI=1S/C24H26F3N3O/c25-24(26,27)23-28-20-10-4-5-11-21(20)30(23)17-19-13-15-29(16-14-19)22(31)12-6-9-18-7-2-1-3-8-18/h1-5,7-8,10-11,19H,6,9,12-17H2. The van der Waals surface area contributed by atoms with E-state index in [1.807, 2.05) is 23.1 Å². The zero-order valence-electron chi connectivity index (χ0n) is 17.3. The quantitative estimate of drug-likeness (QED) is 0.532. The van der Waals surface area contributed by atoms with Crippen LogP contribution >= 0.6 is 0 Å². The third kappa shape index (κ3) is 5.09. The first-order chi connectivity index (χ1) is 14.9. The van der Waals surface area contributed by atoms with E-state index in [9.17, 15) is 18.0 Å². The van der Waals surface area contributed by atoms with Crippen molar-refractivity contribution in [3.63, 3.8) is 0 Å². The molecule has 0 saturated carbocycles. The minimum absolute atomic E-state index is 0.0899. The van der Waals surface area contributed by atoms with Crippen molar-refractivity contribution in [2.75, 3.05) is 13.1 Å². The average Bonchev–Trinajstić information content (AvgIpc) is 3.14. The summed E-state index contributed by atoms with van der Waals surface area (Å²) in [5.74, 6) is -0.612. The van der Waals surface area contributed by atoms with Gasteiger partial charge in [0.25, 0.3) is 0 Å². The molecule has 0 spiro atoms. The summed E-state index contributed by atoms with van der Waals surface area (Å²) in [6.45, 7) is 1.47. The molecule has 1 saturated heterocycles. The highest BCUT2D eigenvalue weighted by molar-refractivity contribution is 5.76. The van der Waals surface area contributed by atoms with Crippen LogP contribution in [0.3, 0.4) is 0 Å². The summed E-state index contributed by atoms with van der Waals surface area (Å²) >= 11 is 0. The van der Waals surface area contributed by atoms with Crippen molar-refractivity contribution in [2.24, 2.45) is 5.92 Å². The van der Waals surface area contributed by atoms with Crippen molar-refractivity contribution in [3.05, 3.63) is 66.0 Å². The molecule has 7 heteroatoms. The number of imidazole rings is 1. The number of piperidine rings is 1. The number of rotatable bonds is 6. The molecular weight excluding hydrogens is 403 g/mol. The summed E-state index contributed by atoms with van der Waals surface area (Å²) < 4.78 is 41.8. The van der Waals surface area contributed by atoms with E-state index >= 15 is 0 Å². The molecule has 1 fully saturated rings.